The highest BCUT2D eigenvalue weighted by atomic mass is 35.5. The van der Waals surface area contributed by atoms with Crippen molar-refractivity contribution in [1.82, 2.24) is 14.1 Å². The summed E-state index contributed by atoms with van der Waals surface area (Å²) in [5.74, 6) is 0.000154. The maximum absolute atomic E-state index is 12.6. The SMILES string of the molecule is CCN(CC)S(=O)(=O)c1ccc(Cl)c(C(=O)Nc2cc(C)nn2C)c1. The Bertz CT molecular complexity index is 889. The number of carbonyl (C=O) groups is 1. The summed E-state index contributed by atoms with van der Waals surface area (Å²) in [5, 5.41) is 7.02. The lowest BCUT2D eigenvalue weighted by Gasteiger charge is -2.19. The maximum atomic E-state index is 12.6. The Morgan fingerprint density at radius 3 is 2.44 bits per heavy atom. The van der Waals surface area contributed by atoms with E-state index in [1.54, 1.807) is 33.9 Å². The molecule has 0 aliphatic carbocycles. The van der Waals surface area contributed by atoms with E-state index in [1.807, 2.05) is 0 Å². The van der Waals surface area contributed by atoms with E-state index in [9.17, 15) is 13.2 Å². The van der Waals surface area contributed by atoms with Gasteiger partial charge in [0.2, 0.25) is 10.0 Å². The average molecular weight is 385 g/mol. The van der Waals surface area contributed by atoms with Crippen molar-refractivity contribution in [3.05, 3.63) is 40.5 Å². The Morgan fingerprint density at radius 2 is 1.92 bits per heavy atom. The molecular formula is C16H21ClN4O3S. The lowest BCUT2D eigenvalue weighted by atomic mass is 10.2. The molecule has 2 aromatic rings. The molecule has 2 rings (SSSR count). The van der Waals surface area contributed by atoms with Crippen LogP contribution in [0, 0.1) is 6.92 Å². The van der Waals surface area contributed by atoms with Crippen LogP contribution in [0.15, 0.2) is 29.2 Å². The highest BCUT2D eigenvalue weighted by Crippen LogP contribution is 2.24. The Hall–Kier alpha value is -1.90. The fraction of sp³-hybridized carbons (Fsp3) is 0.375. The third kappa shape index (κ3) is 4.02. The van der Waals surface area contributed by atoms with E-state index < -0.39 is 15.9 Å². The molecule has 136 valence electrons. The molecule has 0 bridgehead atoms. The summed E-state index contributed by atoms with van der Waals surface area (Å²) in [6.45, 7) is 6.01. The van der Waals surface area contributed by atoms with E-state index in [4.69, 9.17) is 11.6 Å². The van der Waals surface area contributed by atoms with Gasteiger partial charge in [0.05, 0.1) is 21.2 Å². The summed E-state index contributed by atoms with van der Waals surface area (Å²) < 4.78 is 28.1. The van der Waals surface area contributed by atoms with Gasteiger partial charge >= 0.3 is 0 Å². The van der Waals surface area contributed by atoms with E-state index in [2.05, 4.69) is 10.4 Å². The predicted octanol–water partition coefficient (Wildman–Crippen LogP) is 2.66. The molecule has 0 saturated heterocycles. The van der Waals surface area contributed by atoms with Crippen LogP contribution in [0.2, 0.25) is 5.02 Å². The first-order chi connectivity index (χ1) is 11.7. The first kappa shape index (κ1) is 19.4. The smallest absolute Gasteiger partial charge is 0.258 e. The van der Waals surface area contributed by atoms with E-state index >= 15 is 0 Å². The fourth-order valence-electron chi connectivity index (χ4n) is 2.46. The van der Waals surface area contributed by atoms with Crippen molar-refractivity contribution in [3.63, 3.8) is 0 Å². The molecule has 9 heteroatoms. The van der Waals surface area contributed by atoms with Crippen LogP contribution in [0.1, 0.15) is 29.9 Å². The number of nitrogens with zero attached hydrogens (tertiary/aromatic N) is 3. The molecule has 0 fully saturated rings. The molecule has 7 nitrogen and oxygen atoms in total. The summed E-state index contributed by atoms with van der Waals surface area (Å²) in [7, 11) is -1.97. The van der Waals surface area contributed by atoms with Gasteiger partial charge in [0.15, 0.2) is 0 Å². The van der Waals surface area contributed by atoms with Gasteiger partial charge in [-0.05, 0) is 25.1 Å². The first-order valence-electron chi connectivity index (χ1n) is 7.82. The van der Waals surface area contributed by atoms with Gasteiger partial charge in [-0.25, -0.2) is 8.42 Å². The van der Waals surface area contributed by atoms with Crippen LogP contribution in [0.25, 0.3) is 0 Å². The summed E-state index contributed by atoms with van der Waals surface area (Å²) in [5.41, 5.74) is 0.843. The van der Waals surface area contributed by atoms with Gasteiger partial charge in [0.25, 0.3) is 5.91 Å². The van der Waals surface area contributed by atoms with E-state index in [1.165, 1.54) is 27.2 Å². The standard InChI is InChI=1S/C16H21ClN4O3S/c1-5-21(6-2)25(23,24)12-7-8-14(17)13(10-12)16(22)18-15-9-11(3)19-20(15)4/h7-10H,5-6H2,1-4H3,(H,18,22). The Morgan fingerprint density at radius 1 is 1.28 bits per heavy atom. The van der Waals surface area contributed by atoms with Crippen LogP contribution < -0.4 is 5.32 Å². The number of anilines is 1. The van der Waals surface area contributed by atoms with Crippen LogP contribution in [-0.4, -0.2) is 41.5 Å². The van der Waals surface area contributed by atoms with Gasteiger partial charge in [-0.2, -0.15) is 9.40 Å². The Labute approximate surface area is 152 Å². The maximum Gasteiger partial charge on any atom is 0.258 e. The molecule has 25 heavy (non-hydrogen) atoms. The Kier molecular flexibility index (Phi) is 5.87. The van der Waals surface area contributed by atoms with Gasteiger partial charge in [-0.15, -0.1) is 0 Å². The number of hydrogen-bond donors (Lipinski definition) is 1. The molecule has 0 saturated carbocycles. The van der Waals surface area contributed by atoms with Gasteiger partial charge in [-0.3, -0.25) is 9.48 Å². The summed E-state index contributed by atoms with van der Waals surface area (Å²) >= 11 is 6.11. The van der Waals surface area contributed by atoms with Crippen molar-refractivity contribution >= 4 is 33.3 Å². The quantitative estimate of drug-likeness (QED) is 0.829. The normalized spacial score (nSPS) is 11.8. The van der Waals surface area contributed by atoms with Gasteiger partial charge in [0.1, 0.15) is 5.82 Å². The molecule has 0 aliphatic rings. The molecule has 0 radical (unpaired) electrons. The number of benzene rings is 1. The lowest BCUT2D eigenvalue weighted by molar-refractivity contribution is 0.102. The number of carbonyl (C=O) groups excluding carboxylic acids is 1. The van der Waals surface area contributed by atoms with Gasteiger partial charge < -0.3 is 5.32 Å². The van der Waals surface area contributed by atoms with Crippen LogP contribution in [0.3, 0.4) is 0 Å². The number of aromatic nitrogens is 2. The van der Waals surface area contributed by atoms with Crippen LogP contribution in [0.5, 0.6) is 0 Å². The van der Waals surface area contributed by atoms with Crippen molar-refractivity contribution in [2.45, 2.75) is 25.7 Å². The topological polar surface area (TPSA) is 84.3 Å². The van der Waals surface area contributed by atoms with Crippen molar-refractivity contribution in [3.8, 4) is 0 Å². The molecule has 0 atom stereocenters. The fourth-order valence-corrected chi connectivity index (χ4v) is 4.15. The number of aryl methyl sites for hydroxylation is 2. The first-order valence-corrected chi connectivity index (χ1v) is 9.64. The molecule has 1 heterocycles. The van der Waals surface area contributed by atoms with Crippen LogP contribution in [0.4, 0.5) is 5.82 Å². The second-order valence-corrected chi connectivity index (χ2v) is 7.82. The third-order valence-electron chi connectivity index (χ3n) is 3.77. The Balaban J connectivity index is 2.39. The third-order valence-corrected chi connectivity index (χ3v) is 6.14. The summed E-state index contributed by atoms with van der Waals surface area (Å²) in [6, 6.07) is 5.83. The molecule has 0 spiro atoms. The highest BCUT2D eigenvalue weighted by Gasteiger charge is 2.24. The number of rotatable bonds is 6. The van der Waals surface area contributed by atoms with Crippen molar-refractivity contribution < 1.29 is 13.2 Å². The zero-order chi connectivity index (χ0) is 18.8. The van der Waals surface area contributed by atoms with E-state index in [-0.39, 0.29) is 15.5 Å². The largest absolute Gasteiger partial charge is 0.307 e. The molecule has 1 N–H and O–H groups in total. The monoisotopic (exact) mass is 384 g/mol. The molecule has 0 unspecified atom stereocenters. The molecule has 0 aliphatic heterocycles. The van der Waals surface area contributed by atoms with Crippen molar-refractivity contribution in [1.29, 1.82) is 0 Å². The molecule has 1 aromatic heterocycles. The number of sulfonamides is 1. The van der Waals surface area contributed by atoms with Crippen molar-refractivity contribution in [2.24, 2.45) is 7.05 Å². The van der Waals surface area contributed by atoms with Gasteiger partial charge in [0, 0.05) is 26.2 Å². The zero-order valence-electron chi connectivity index (χ0n) is 14.6. The number of hydrogen-bond acceptors (Lipinski definition) is 4. The van der Waals surface area contributed by atoms with E-state index in [0.717, 1.165) is 5.69 Å². The van der Waals surface area contributed by atoms with Gasteiger partial charge in [-0.1, -0.05) is 25.4 Å². The number of halogens is 1. The molecule has 1 aromatic carbocycles. The predicted molar refractivity (Wildman–Crippen MR) is 97.5 cm³/mol. The minimum atomic E-state index is -3.67. The van der Waals surface area contributed by atoms with Crippen LogP contribution in [-0.2, 0) is 17.1 Å². The minimum absolute atomic E-state index is 0.0342. The lowest BCUT2D eigenvalue weighted by Crippen LogP contribution is -2.30. The second-order valence-electron chi connectivity index (χ2n) is 5.48. The van der Waals surface area contributed by atoms with Crippen LogP contribution >= 0.6 is 11.6 Å². The molecule has 1 amide bonds. The average Bonchev–Trinajstić information content (AvgIpc) is 2.85. The number of nitrogens with one attached hydrogen (secondary N) is 1. The second kappa shape index (κ2) is 7.55. The highest BCUT2D eigenvalue weighted by molar-refractivity contribution is 7.89. The summed E-state index contributed by atoms with van der Waals surface area (Å²) in [4.78, 5) is 12.6. The van der Waals surface area contributed by atoms with E-state index in [0.29, 0.717) is 18.9 Å². The number of amides is 1. The minimum Gasteiger partial charge on any atom is -0.307 e. The summed E-state index contributed by atoms with van der Waals surface area (Å²) in [6.07, 6.45) is 0. The zero-order valence-corrected chi connectivity index (χ0v) is 16.1. The molecular weight excluding hydrogens is 364 g/mol. The van der Waals surface area contributed by atoms with Crippen molar-refractivity contribution in [2.75, 3.05) is 18.4 Å².